The van der Waals surface area contributed by atoms with Gasteiger partial charge in [-0.15, -0.1) is 11.3 Å². The third kappa shape index (κ3) is 4.26. The molecule has 148 valence electrons. The van der Waals surface area contributed by atoms with E-state index >= 15 is 0 Å². The van der Waals surface area contributed by atoms with Gasteiger partial charge < -0.3 is 0 Å². The van der Waals surface area contributed by atoms with E-state index in [1.807, 2.05) is 11.4 Å². The molecule has 0 saturated carbocycles. The van der Waals surface area contributed by atoms with Crippen LogP contribution in [0.4, 0.5) is 10.8 Å². The maximum absolute atomic E-state index is 12.7. The lowest BCUT2D eigenvalue weighted by Gasteiger charge is -2.22. The first-order valence-corrected chi connectivity index (χ1v) is 11.4. The van der Waals surface area contributed by atoms with Gasteiger partial charge in [-0.25, -0.2) is 13.4 Å². The molecule has 3 rings (SSSR count). The maximum Gasteiger partial charge on any atom is 0.251 e. The molecular formula is C18H21N5O3S2. The largest absolute Gasteiger partial charge is 0.298 e. The summed E-state index contributed by atoms with van der Waals surface area (Å²) in [7, 11) is -1.70. The Morgan fingerprint density at radius 2 is 2.29 bits per heavy atom. The van der Waals surface area contributed by atoms with Crippen LogP contribution < -0.4 is 9.62 Å². The molecule has 0 aliphatic carbocycles. The van der Waals surface area contributed by atoms with E-state index in [0.717, 1.165) is 12.0 Å². The maximum atomic E-state index is 12.7. The highest BCUT2D eigenvalue weighted by molar-refractivity contribution is 7.92. The lowest BCUT2D eigenvalue weighted by Crippen LogP contribution is -2.42. The Balaban J connectivity index is 1.79. The molecule has 1 fully saturated rings. The molecule has 1 aliphatic heterocycles. The smallest absolute Gasteiger partial charge is 0.251 e. The first-order valence-electron chi connectivity index (χ1n) is 8.85. The third-order valence-corrected chi connectivity index (χ3v) is 6.81. The molecule has 1 aliphatic rings. The predicted molar refractivity (Wildman–Crippen MR) is 109 cm³/mol. The quantitative estimate of drug-likeness (QED) is 0.721. The summed E-state index contributed by atoms with van der Waals surface area (Å²) in [5.41, 5.74) is 1.87. The molecule has 0 bridgehead atoms. The van der Waals surface area contributed by atoms with Gasteiger partial charge in [-0.1, -0.05) is 12.1 Å². The first kappa shape index (κ1) is 20.1. The van der Waals surface area contributed by atoms with Gasteiger partial charge in [-0.3, -0.25) is 19.3 Å². The van der Waals surface area contributed by atoms with Gasteiger partial charge in [0.05, 0.1) is 11.4 Å². The van der Waals surface area contributed by atoms with Gasteiger partial charge in [0.25, 0.3) is 5.91 Å². The van der Waals surface area contributed by atoms with Gasteiger partial charge in [0.15, 0.2) is 11.3 Å². The van der Waals surface area contributed by atoms with Crippen molar-refractivity contribution in [3.8, 4) is 17.5 Å². The molecular weight excluding hydrogens is 398 g/mol. The Bertz CT molecular complexity index is 1010. The number of benzene rings is 1. The summed E-state index contributed by atoms with van der Waals surface area (Å²) in [5, 5.41) is 11.5. The molecule has 8 nitrogen and oxygen atoms in total. The molecule has 1 aromatic carbocycles. The van der Waals surface area contributed by atoms with Crippen molar-refractivity contribution < 1.29 is 13.2 Å². The van der Waals surface area contributed by atoms with Crippen LogP contribution in [0.15, 0.2) is 29.6 Å². The van der Waals surface area contributed by atoms with Crippen LogP contribution in [0.25, 0.3) is 11.3 Å². The third-order valence-electron chi connectivity index (χ3n) is 4.59. The highest BCUT2D eigenvalue weighted by atomic mass is 32.2. The Kier molecular flexibility index (Phi) is 5.86. The van der Waals surface area contributed by atoms with Crippen LogP contribution in [0.1, 0.15) is 19.8 Å². The topological polar surface area (TPSA) is 106 Å². The minimum Gasteiger partial charge on any atom is -0.298 e. The summed E-state index contributed by atoms with van der Waals surface area (Å²) < 4.78 is 26.1. The number of carbonyl (C=O) groups excluding carboxylic acids is 1. The van der Waals surface area contributed by atoms with Crippen LogP contribution in [0.2, 0.25) is 0 Å². The van der Waals surface area contributed by atoms with Crippen molar-refractivity contribution in [3.63, 3.8) is 0 Å². The minimum atomic E-state index is -3.36. The fourth-order valence-corrected chi connectivity index (χ4v) is 4.44. The zero-order valence-corrected chi connectivity index (χ0v) is 17.3. The average Bonchev–Trinajstić information content (AvgIpc) is 3.36. The Morgan fingerprint density at radius 1 is 1.50 bits per heavy atom. The van der Waals surface area contributed by atoms with Gasteiger partial charge >= 0.3 is 0 Å². The number of hydrogen-bond donors (Lipinski definition) is 1. The molecule has 0 radical (unpaired) electrons. The van der Waals surface area contributed by atoms with Gasteiger partial charge in [0.1, 0.15) is 6.04 Å². The average molecular weight is 420 g/mol. The number of rotatable bonds is 6. The summed E-state index contributed by atoms with van der Waals surface area (Å²) >= 11 is 1.33. The number of carbonyl (C=O) groups is 1. The van der Waals surface area contributed by atoms with Gasteiger partial charge in [0.2, 0.25) is 10.0 Å². The number of nitrogens with one attached hydrogen (secondary N) is 1. The predicted octanol–water partition coefficient (Wildman–Crippen LogP) is 2.48. The van der Waals surface area contributed by atoms with Crippen LogP contribution in [-0.4, -0.2) is 49.6 Å². The Hall–Kier alpha value is -2.64. The number of aromatic nitrogens is 1. The molecule has 0 spiro atoms. The standard InChI is InChI=1S/C18H21N5O3S2/c1-3-28(25,26)21-14-7-4-6-13(10-14)15-11-27-18(20-15)22(2)17(24)16-8-5-9-23(16)12-19/h4,6-7,10-11,16,21H,3,5,8-9H2,1-2H3/t16-/m0/s1. The van der Waals surface area contributed by atoms with Crippen molar-refractivity contribution in [3.05, 3.63) is 29.6 Å². The number of likely N-dealkylation sites (N-methyl/N-ethyl adjacent to an activating group) is 1. The highest BCUT2D eigenvalue weighted by Crippen LogP contribution is 2.30. The molecule has 1 amide bonds. The molecule has 2 heterocycles. The number of anilines is 2. The van der Waals surface area contributed by atoms with Gasteiger partial charge in [0, 0.05) is 30.2 Å². The van der Waals surface area contributed by atoms with E-state index in [1.165, 1.54) is 21.1 Å². The van der Waals surface area contributed by atoms with Crippen molar-refractivity contribution >= 4 is 38.1 Å². The zero-order valence-electron chi connectivity index (χ0n) is 15.6. The van der Waals surface area contributed by atoms with E-state index < -0.39 is 16.1 Å². The summed E-state index contributed by atoms with van der Waals surface area (Å²) in [6.45, 7) is 2.17. The molecule has 0 unspecified atom stereocenters. The van der Waals surface area contributed by atoms with Crippen molar-refractivity contribution in [1.82, 2.24) is 9.88 Å². The van der Waals surface area contributed by atoms with Crippen molar-refractivity contribution in [2.45, 2.75) is 25.8 Å². The lowest BCUT2D eigenvalue weighted by molar-refractivity contribution is -0.121. The summed E-state index contributed by atoms with van der Waals surface area (Å²) in [5.74, 6) is -0.157. The zero-order chi connectivity index (χ0) is 20.3. The summed E-state index contributed by atoms with van der Waals surface area (Å²) in [6, 6.07) is 6.53. The molecule has 28 heavy (non-hydrogen) atoms. The number of nitrogens with zero attached hydrogens (tertiary/aromatic N) is 4. The SMILES string of the molecule is CCS(=O)(=O)Nc1cccc(-c2csc(N(C)C(=O)[C@@H]3CCCN3C#N)n2)c1. The van der Waals surface area contributed by atoms with Crippen LogP contribution in [0, 0.1) is 11.5 Å². The van der Waals surface area contributed by atoms with Gasteiger partial charge in [-0.2, -0.15) is 5.26 Å². The normalized spacial score (nSPS) is 16.6. The second-order valence-electron chi connectivity index (χ2n) is 6.45. The van der Waals surface area contributed by atoms with Crippen LogP contribution in [0.5, 0.6) is 0 Å². The first-order chi connectivity index (χ1) is 13.3. The van der Waals surface area contributed by atoms with E-state index in [9.17, 15) is 13.2 Å². The fraction of sp³-hybridized carbons (Fsp3) is 0.389. The van der Waals surface area contributed by atoms with E-state index in [-0.39, 0.29) is 11.7 Å². The second-order valence-corrected chi connectivity index (χ2v) is 9.30. The number of hydrogen-bond acceptors (Lipinski definition) is 7. The Labute approximate surface area is 168 Å². The number of amides is 1. The van der Waals surface area contributed by atoms with E-state index in [1.54, 1.807) is 32.2 Å². The van der Waals surface area contributed by atoms with Gasteiger partial charge in [-0.05, 0) is 31.9 Å². The molecule has 1 aromatic heterocycles. The van der Waals surface area contributed by atoms with Crippen molar-refractivity contribution in [2.24, 2.45) is 0 Å². The van der Waals surface area contributed by atoms with E-state index in [2.05, 4.69) is 15.9 Å². The lowest BCUT2D eigenvalue weighted by atomic mass is 10.1. The van der Waals surface area contributed by atoms with Crippen molar-refractivity contribution in [2.75, 3.05) is 29.0 Å². The summed E-state index contributed by atoms with van der Waals surface area (Å²) in [4.78, 5) is 20.2. The molecule has 1 N–H and O–H groups in total. The molecule has 10 heteroatoms. The van der Waals surface area contributed by atoms with E-state index in [4.69, 9.17) is 5.26 Å². The molecule has 1 atom stereocenters. The Morgan fingerprint density at radius 3 is 3.00 bits per heavy atom. The summed E-state index contributed by atoms with van der Waals surface area (Å²) in [6.07, 6.45) is 3.56. The highest BCUT2D eigenvalue weighted by Gasteiger charge is 2.33. The minimum absolute atomic E-state index is 0.00807. The molecule has 1 saturated heterocycles. The number of nitriles is 1. The van der Waals surface area contributed by atoms with Crippen LogP contribution in [-0.2, 0) is 14.8 Å². The monoisotopic (exact) mass is 419 g/mol. The van der Waals surface area contributed by atoms with Crippen molar-refractivity contribution in [1.29, 1.82) is 5.26 Å². The second kappa shape index (κ2) is 8.16. The fourth-order valence-electron chi connectivity index (χ4n) is 3.01. The molecule has 2 aromatic rings. The van der Waals surface area contributed by atoms with Crippen LogP contribution >= 0.6 is 11.3 Å². The number of sulfonamides is 1. The number of likely N-dealkylation sites (tertiary alicyclic amines) is 1. The number of thiazole rings is 1. The van der Waals surface area contributed by atoms with Crippen LogP contribution in [0.3, 0.4) is 0 Å². The van der Waals surface area contributed by atoms with E-state index in [0.29, 0.717) is 29.5 Å².